The van der Waals surface area contributed by atoms with E-state index < -0.39 is 18.9 Å². The van der Waals surface area contributed by atoms with Gasteiger partial charge in [0.25, 0.3) is 0 Å². The van der Waals surface area contributed by atoms with E-state index in [1.54, 1.807) is 30.3 Å². The fourth-order valence-corrected chi connectivity index (χ4v) is 1.32. The van der Waals surface area contributed by atoms with Crippen molar-refractivity contribution < 1.29 is 22.7 Å². The molecular weight excluding hydrogens is 261 g/mol. The van der Waals surface area contributed by atoms with Gasteiger partial charge in [0.05, 0.1) is 12.5 Å². The summed E-state index contributed by atoms with van der Waals surface area (Å²) in [6.45, 7) is -1.68. The Morgan fingerprint density at radius 3 is 2.47 bits per heavy atom. The number of nitriles is 1. The molecule has 4 nitrogen and oxygen atoms in total. The van der Waals surface area contributed by atoms with Crippen LogP contribution in [0.2, 0.25) is 0 Å². The molecule has 0 radical (unpaired) electrons. The number of amides is 1. The molecule has 0 aromatic heterocycles. The molecule has 0 aliphatic rings. The number of benzene rings is 1. The number of hydrogen-bond donors (Lipinski definition) is 0. The summed E-state index contributed by atoms with van der Waals surface area (Å²) in [6.07, 6.45) is -5.71. The topological polar surface area (TPSA) is 53.3 Å². The minimum atomic E-state index is -4.58. The Morgan fingerprint density at radius 2 is 1.95 bits per heavy atom. The second kappa shape index (κ2) is 6.64. The van der Waals surface area contributed by atoms with E-state index in [0.717, 1.165) is 4.90 Å². The minimum Gasteiger partial charge on any atom is -0.439 e. The summed E-state index contributed by atoms with van der Waals surface area (Å²) in [7, 11) is 0. The van der Waals surface area contributed by atoms with Crippen molar-refractivity contribution in [2.75, 3.05) is 18.1 Å². The summed E-state index contributed by atoms with van der Waals surface area (Å²) in [6, 6.07) is 9.88. The van der Waals surface area contributed by atoms with E-state index in [1.165, 1.54) is 0 Å². The maximum atomic E-state index is 12.0. The normalized spacial score (nSPS) is 10.6. The number of alkyl halides is 3. The van der Waals surface area contributed by atoms with Crippen molar-refractivity contribution in [3.05, 3.63) is 30.3 Å². The van der Waals surface area contributed by atoms with Crippen LogP contribution in [-0.2, 0) is 4.74 Å². The van der Waals surface area contributed by atoms with Crippen LogP contribution in [0.4, 0.5) is 23.7 Å². The monoisotopic (exact) mass is 272 g/mol. The summed E-state index contributed by atoms with van der Waals surface area (Å²) >= 11 is 0. The Balaban J connectivity index is 2.75. The zero-order chi connectivity index (χ0) is 14.3. The molecule has 0 fully saturated rings. The predicted molar refractivity (Wildman–Crippen MR) is 61.4 cm³/mol. The van der Waals surface area contributed by atoms with Crippen LogP contribution in [0.1, 0.15) is 6.42 Å². The molecule has 1 aromatic rings. The number of nitrogens with zero attached hydrogens (tertiary/aromatic N) is 2. The first-order valence-electron chi connectivity index (χ1n) is 5.37. The van der Waals surface area contributed by atoms with Crippen molar-refractivity contribution in [2.24, 2.45) is 0 Å². The van der Waals surface area contributed by atoms with Crippen molar-refractivity contribution in [1.29, 1.82) is 5.26 Å². The van der Waals surface area contributed by atoms with Crippen LogP contribution in [0.15, 0.2) is 30.3 Å². The zero-order valence-corrected chi connectivity index (χ0v) is 9.85. The molecule has 1 amide bonds. The largest absolute Gasteiger partial charge is 0.439 e. The van der Waals surface area contributed by atoms with E-state index in [2.05, 4.69) is 4.74 Å². The molecule has 0 saturated heterocycles. The van der Waals surface area contributed by atoms with Gasteiger partial charge in [-0.15, -0.1) is 0 Å². The summed E-state index contributed by atoms with van der Waals surface area (Å²) in [4.78, 5) is 12.6. The molecule has 0 heterocycles. The van der Waals surface area contributed by atoms with Gasteiger partial charge in [-0.3, -0.25) is 4.90 Å². The molecular formula is C12H11F3N2O2. The Morgan fingerprint density at radius 1 is 1.32 bits per heavy atom. The van der Waals surface area contributed by atoms with Gasteiger partial charge in [0.2, 0.25) is 0 Å². The second-order valence-electron chi connectivity index (χ2n) is 3.57. The van der Waals surface area contributed by atoms with Crippen LogP contribution in [0.3, 0.4) is 0 Å². The first kappa shape index (κ1) is 14.8. The Kier molecular flexibility index (Phi) is 5.18. The molecule has 0 unspecified atom stereocenters. The third-order valence-electron chi connectivity index (χ3n) is 2.09. The van der Waals surface area contributed by atoms with Crippen molar-refractivity contribution in [2.45, 2.75) is 12.6 Å². The highest BCUT2D eigenvalue weighted by Gasteiger charge is 2.31. The molecule has 0 bridgehead atoms. The molecule has 0 atom stereocenters. The van der Waals surface area contributed by atoms with Gasteiger partial charge in [-0.2, -0.15) is 18.4 Å². The summed E-state index contributed by atoms with van der Waals surface area (Å²) in [5, 5.41) is 8.49. The Hall–Kier alpha value is -2.23. The second-order valence-corrected chi connectivity index (χ2v) is 3.57. The highest BCUT2D eigenvalue weighted by molar-refractivity contribution is 5.87. The number of para-hydroxylation sites is 1. The van der Waals surface area contributed by atoms with Crippen LogP contribution in [-0.4, -0.2) is 25.4 Å². The Labute approximate surface area is 108 Å². The lowest BCUT2D eigenvalue weighted by molar-refractivity contribution is -0.159. The average molecular weight is 272 g/mol. The maximum absolute atomic E-state index is 12.0. The number of anilines is 1. The summed E-state index contributed by atoms with van der Waals surface area (Å²) in [5.41, 5.74) is 0.380. The van der Waals surface area contributed by atoms with E-state index in [0.29, 0.717) is 5.69 Å². The fraction of sp³-hybridized carbons (Fsp3) is 0.333. The van der Waals surface area contributed by atoms with Crippen molar-refractivity contribution in [1.82, 2.24) is 0 Å². The standard InChI is InChI=1S/C12H11F3N2O2/c13-12(14,15)9-19-11(18)17(8-4-7-16)10-5-2-1-3-6-10/h1-3,5-6H,4,8-9H2. The van der Waals surface area contributed by atoms with Gasteiger partial charge in [0.15, 0.2) is 6.61 Å². The van der Waals surface area contributed by atoms with Gasteiger partial charge in [0.1, 0.15) is 0 Å². The van der Waals surface area contributed by atoms with Gasteiger partial charge in [0, 0.05) is 12.2 Å². The van der Waals surface area contributed by atoms with Gasteiger partial charge in [-0.05, 0) is 12.1 Å². The van der Waals surface area contributed by atoms with Gasteiger partial charge in [-0.1, -0.05) is 18.2 Å². The minimum absolute atomic E-state index is 0.00396. The molecule has 7 heteroatoms. The highest BCUT2D eigenvalue weighted by Crippen LogP contribution is 2.18. The van der Waals surface area contributed by atoms with Crippen molar-refractivity contribution >= 4 is 11.8 Å². The number of ether oxygens (including phenoxy) is 1. The van der Waals surface area contributed by atoms with E-state index in [9.17, 15) is 18.0 Å². The predicted octanol–water partition coefficient (Wildman–Crippen LogP) is 3.11. The van der Waals surface area contributed by atoms with Crippen LogP contribution < -0.4 is 4.90 Å². The van der Waals surface area contributed by atoms with Crippen molar-refractivity contribution in [3.63, 3.8) is 0 Å². The molecule has 19 heavy (non-hydrogen) atoms. The highest BCUT2D eigenvalue weighted by atomic mass is 19.4. The van der Waals surface area contributed by atoms with E-state index in [4.69, 9.17) is 5.26 Å². The smallest absolute Gasteiger partial charge is 0.422 e. The van der Waals surface area contributed by atoms with Gasteiger partial charge in [-0.25, -0.2) is 4.79 Å². The third-order valence-corrected chi connectivity index (χ3v) is 2.09. The molecule has 1 rings (SSSR count). The lowest BCUT2D eigenvalue weighted by Gasteiger charge is -2.21. The first-order chi connectivity index (χ1) is 8.94. The zero-order valence-electron chi connectivity index (χ0n) is 9.85. The van der Waals surface area contributed by atoms with Crippen LogP contribution in [0.25, 0.3) is 0 Å². The van der Waals surface area contributed by atoms with Gasteiger partial charge >= 0.3 is 12.3 Å². The fourth-order valence-electron chi connectivity index (χ4n) is 1.32. The van der Waals surface area contributed by atoms with E-state index in [-0.39, 0.29) is 13.0 Å². The molecule has 0 aliphatic carbocycles. The van der Waals surface area contributed by atoms with Crippen LogP contribution >= 0.6 is 0 Å². The molecule has 0 N–H and O–H groups in total. The molecule has 0 aliphatic heterocycles. The number of carbonyl (C=O) groups is 1. The quantitative estimate of drug-likeness (QED) is 0.846. The number of hydrogen-bond acceptors (Lipinski definition) is 3. The number of carbonyl (C=O) groups excluding carboxylic acids is 1. The van der Waals surface area contributed by atoms with E-state index in [1.807, 2.05) is 6.07 Å². The molecule has 102 valence electrons. The first-order valence-corrected chi connectivity index (χ1v) is 5.37. The van der Waals surface area contributed by atoms with Gasteiger partial charge < -0.3 is 4.74 Å². The SMILES string of the molecule is N#CCCN(C(=O)OCC(F)(F)F)c1ccccc1. The van der Waals surface area contributed by atoms with Crippen molar-refractivity contribution in [3.8, 4) is 6.07 Å². The third kappa shape index (κ3) is 5.29. The summed E-state index contributed by atoms with van der Waals surface area (Å²) < 4.78 is 40.1. The average Bonchev–Trinajstić information content (AvgIpc) is 2.37. The lowest BCUT2D eigenvalue weighted by Crippen LogP contribution is -2.34. The van der Waals surface area contributed by atoms with E-state index >= 15 is 0 Å². The number of halogens is 3. The Bertz CT molecular complexity index is 454. The lowest BCUT2D eigenvalue weighted by atomic mass is 10.3. The van der Waals surface area contributed by atoms with Crippen LogP contribution in [0, 0.1) is 11.3 Å². The summed E-state index contributed by atoms with van der Waals surface area (Å²) in [5.74, 6) is 0. The molecule has 0 saturated carbocycles. The van der Waals surface area contributed by atoms with Crippen LogP contribution in [0.5, 0.6) is 0 Å². The number of rotatable bonds is 4. The molecule has 0 spiro atoms. The maximum Gasteiger partial charge on any atom is 0.422 e. The molecule has 1 aromatic carbocycles.